The van der Waals surface area contributed by atoms with E-state index < -0.39 is 12.6 Å². The van der Waals surface area contributed by atoms with Crippen LogP contribution in [0.4, 0.5) is 0 Å². The van der Waals surface area contributed by atoms with Crippen molar-refractivity contribution < 1.29 is 14.3 Å². The minimum absolute atomic E-state index is 0.187. The van der Waals surface area contributed by atoms with Gasteiger partial charge in [-0.25, -0.2) is 14.5 Å². The van der Waals surface area contributed by atoms with Crippen LogP contribution in [0.5, 0.6) is 0 Å². The topological polar surface area (TPSA) is 74.1 Å². The van der Waals surface area contributed by atoms with Gasteiger partial charge in [-0.05, 0) is 48.9 Å². The van der Waals surface area contributed by atoms with Crippen LogP contribution in [0.25, 0.3) is 17.1 Å². The highest BCUT2D eigenvalue weighted by atomic mass is 79.9. The zero-order valence-corrected chi connectivity index (χ0v) is 20.4. The van der Waals surface area contributed by atoms with E-state index in [1.54, 1.807) is 60.7 Å². The molecular weight excluding hydrogens is 529 g/mol. The van der Waals surface area contributed by atoms with Crippen molar-refractivity contribution in [2.75, 3.05) is 6.61 Å². The third-order valence-electron chi connectivity index (χ3n) is 4.77. The number of Topliss-reactive ketones (excluding diaryl/α,β-unsaturated/α-hetero) is 1. The van der Waals surface area contributed by atoms with E-state index in [0.29, 0.717) is 32.7 Å². The number of ether oxygens (including phenoxy) is 1. The Kier molecular flexibility index (Phi) is 6.93. The molecule has 0 fully saturated rings. The predicted octanol–water partition coefficient (Wildman–Crippen LogP) is 6.35. The summed E-state index contributed by atoms with van der Waals surface area (Å²) in [6.45, 7) is 1.46. The van der Waals surface area contributed by atoms with E-state index in [4.69, 9.17) is 27.9 Å². The van der Waals surface area contributed by atoms with Gasteiger partial charge in [-0.1, -0.05) is 69.5 Å². The molecule has 0 spiro atoms. The van der Waals surface area contributed by atoms with Crippen LogP contribution in [0.2, 0.25) is 10.0 Å². The Morgan fingerprint density at radius 3 is 2.45 bits per heavy atom. The fraction of sp³-hybridized carbons (Fsp3) is 0.0833. The fourth-order valence-electron chi connectivity index (χ4n) is 3.11. The number of carbonyl (C=O) groups is 2. The zero-order valence-electron chi connectivity index (χ0n) is 17.3. The van der Waals surface area contributed by atoms with Crippen LogP contribution in [0.15, 0.2) is 71.2 Å². The molecule has 0 N–H and O–H groups in total. The van der Waals surface area contributed by atoms with Crippen LogP contribution < -0.4 is 0 Å². The Balaban J connectivity index is 1.66. The van der Waals surface area contributed by atoms with E-state index in [1.165, 1.54) is 4.68 Å². The maximum absolute atomic E-state index is 12.7. The molecule has 0 aliphatic rings. The normalized spacial score (nSPS) is 10.8. The SMILES string of the molecule is Cc1ccc(Cl)cc1-n1nc(C(=O)OCC(=O)c2ccc(Br)cc2)nc1-c1cccc(Cl)c1. The van der Waals surface area contributed by atoms with Crippen LogP contribution in [0, 0.1) is 6.92 Å². The van der Waals surface area contributed by atoms with Gasteiger partial charge in [-0.3, -0.25) is 4.79 Å². The lowest BCUT2D eigenvalue weighted by molar-refractivity contribution is 0.0462. The van der Waals surface area contributed by atoms with E-state index in [0.717, 1.165) is 10.0 Å². The third kappa shape index (κ3) is 5.33. The highest BCUT2D eigenvalue weighted by molar-refractivity contribution is 9.10. The van der Waals surface area contributed by atoms with Gasteiger partial charge in [0.05, 0.1) is 5.69 Å². The Morgan fingerprint density at radius 1 is 1.00 bits per heavy atom. The molecule has 1 aromatic heterocycles. The monoisotopic (exact) mass is 543 g/mol. The first-order chi connectivity index (χ1) is 15.8. The highest BCUT2D eigenvalue weighted by Crippen LogP contribution is 2.27. The number of esters is 1. The molecule has 0 bridgehead atoms. The Morgan fingerprint density at radius 2 is 1.73 bits per heavy atom. The van der Waals surface area contributed by atoms with E-state index in [1.807, 2.05) is 13.0 Å². The Bertz CT molecular complexity index is 1350. The number of ketones is 1. The summed E-state index contributed by atoms with van der Waals surface area (Å²) in [7, 11) is 0. The molecule has 0 aliphatic carbocycles. The molecule has 9 heteroatoms. The van der Waals surface area contributed by atoms with Crippen LogP contribution in [0.1, 0.15) is 26.5 Å². The minimum Gasteiger partial charge on any atom is -0.451 e. The summed E-state index contributed by atoms with van der Waals surface area (Å²) in [5.41, 5.74) is 2.60. The largest absolute Gasteiger partial charge is 0.451 e. The summed E-state index contributed by atoms with van der Waals surface area (Å²) in [6, 6.07) is 19.1. The van der Waals surface area contributed by atoms with Crippen molar-refractivity contribution in [3.05, 3.63) is 98.2 Å². The van der Waals surface area contributed by atoms with E-state index >= 15 is 0 Å². The average molecular weight is 545 g/mol. The van der Waals surface area contributed by atoms with Crippen molar-refractivity contribution in [3.63, 3.8) is 0 Å². The maximum Gasteiger partial charge on any atom is 0.378 e. The van der Waals surface area contributed by atoms with Gasteiger partial charge in [-0.15, -0.1) is 5.10 Å². The van der Waals surface area contributed by atoms with Crippen molar-refractivity contribution in [2.24, 2.45) is 0 Å². The molecule has 166 valence electrons. The second kappa shape index (κ2) is 9.87. The molecule has 33 heavy (non-hydrogen) atoms. The molecule has 6 nitrogen and oxygen atoms in total. The number of halogens is 3. The first-order valence-corrected chi connectivity index (χ1v) is 11.3. The van der Waals surface area contributed by atoms with Gasteiger partial charge in [0, 0.05) is 25.6 Å². The number of hydrogen-bond acceptors (Lipinski definition) is 5. The molecular formula is C24H16BrCl2N3O3. The van der Waals surface area contributed by atoms with Crippen LogP contribution in [-0.2, 0) is 4.74 Å². The van der Waals surface area contributed by atoms with Crippen molar-refractivity contribution in [1.82, 2.24) is 14.8 Å². The van der Waals surface area contributed by atoms with Gasteiger partial charge in [-0.2, -0.15) is 0 Å². The number of benzene rings is 3. The van der Waals surface area contributed by atoms with Crippen molar-refractivity contribution in [1.29, 1.82) is 0 Å². The molecule has 0 amide bonds. The molecule has 4 rings (SSSR count). The Hall–Kier alpha value is -3.00. The summed E-state index contributed by atoms with van der Waals surface area (Å²) >= 11 is 15.7. The van der Waals surface area contributed by atoms with Crippen molar-refractivity contribution in [3.8, 4) is 17.1 Å². The van der Waals surface area contributed by atoms with Gasteiger partial charge in [0.1, 0.15) is 0 Å². The first-order valence-electron chi connectivity index (χ1n) is 9.77. The van der Waals surface area contributed by atoms with Gasteiger partial charge in [0.25, 0.3) is 5.82 Å². The molecule has 0 unspecified atom stereocenters. The minimum atomic E-state index is -0.817. The standard InChI is InChI=1S/C24H16BrCl2N3O3/c1-14-5-10-19(27)12-20(14)30-23(16-3-2-4-18(26)11-16)28-22(29-30)24(32)33-13-21(31)15-6-8-17(25)9-7-15/h2-12H,13H2,1H3. The number of aryl methyl sites for hydroxylation is 1. The molecule has 0 radical (unpaired) electrons. The third-order valence-corrected chi connectivity index (χ3v) is 5.77. The number of hydrogen-bond donors (Lipinski definition) is 0. The number of rotatable bonds is 6. The quantitative estimate of drug-likeness (QED) is 0.209. The number of carbonyl (C=O) groups excluding carboxylic acids is 2. The lowest BCUT2D eigenvalue weighted by atomic mass is 10.1. The molecule has 0 atom stereocenters. The van der Waals surface area contributed by atoms with Gasteiger partial charge >= 0.3 is 5.97 Å². The smallest absolute Gasteiger partial charge is 0.378 e. The van der Waals surface area contributed by atoms with Gasteiger partial charge in [0.15, 0.2) is 18.2 Å². The van der Waals surface area contributed by atoms with Crippen LogP contribution >= 0.6 is 39.1 Å². The van der Waals surface area contributed by atoms with Crippen molar-refractivity contribution in [2.45, 2.75) is 6.92 Å². The van der Waals surface area contributed by atoms with Crippen molar-refractivity contribution >= 4 is 50.9 Å². The highest BCUT2D eigenvalue weighted by Gasteiger charge is 2.22. The second-order valence-electron chi connectivity index (χ2n) is 7.12. The van der Waals surface area contributed by atoms with Crippen LogP contribution in [0.3, 0.4) is 0 Å². The van der Waals surface area contributed by atoms with Gasteiger partial charge < -0.3 is 4.74 Å². The number of aromatic nitrogens is 3. The zero-order chi connectivity index (χ0) is 23.5. The summed E-state index contributed by atoms with van der Waals surface area (Å²) in [4.78, 5) is 29.5. The molecule has 0 saturated carbocycles. The number of nitrogens with zero attached hydrogens (tertiary/aromatic N) is 3. The first kappa shape index (κ1) is 23.2. The summed E-state index contributed by atoms with van der Waals surface area (Å²) < 4.78 is 7.56. The lowest BCUT2D eigenvalue weighted by Crippen LogP contribution is -2.15. The predicted molar refractivity (Wildman–Crippen MR) is 130 cm³/mol. The molecule has 3 aromatic carbocycles. The summed E-state index contributed by atoms with van der Waals surface area (Å²) in [5.74, 6) is -0.958. The van der Waals surface area contributed by atoms with Crippen LogP contribution in [-0.4, -0.2) is 33.1 Å². The lowest BCUT2D eigenvalue weighted by Gasteiger charge is -2.09. The average Bonchev–Trinajstić information content (AvgIpc) is 3.25. The molecule has 1 heterocycles. The van der Waals surface area contributed by atoms with E-state index in [9.17, 15) is 9.59 Å². The van der Waals surface area contributed by atoms with E-state index in [-0.39, 0.29) is 11.6 Å². The fourth-order valence-corrected chi connectivity index (χ4v) is 3.73. The summed E-state index contributed by atoms with van der Waals surface area (Å²) in [6.07, 6.45) is 0. The molecule has 0 aliphatic heterocycles. The van der Waals surface area contributed by atoms with E-state index in [2.05, 4.69) is 26.0 Å². The molecule has 4 aromatic rings. The Labute approximate surface area is 208 Å². The maximum atomic E-state index is 12.7. The van der Waals surface area contributed by atoms with Gasteiger partial charge in [0.2, 0.25) is 0 Å². The molecule has 0 saturated heterocycles. The summed E-state index contributed by atoms with van der Waals surface area (Å²) in [5, 5.41) is 5.38. The second-order valence-corrected chi connectivity index (χ2v) is 8.91.